The van der Waals surface area contributed by atoms with Gasteiger partial charge in [0.1, 0.15) is 12.4 Å². The number of benzene rings is 1. The summed E-state index contributed by atoms with van der Waals surface area (Å²) >= 11 is 0. The maximum Gasteiger partial charge on any atom is 0.359 e. The maximum atomic E-state index is 12.1. The standard InChI is InChI=1S/C14H17N3O3/c1-9-12(15)13(17(2)16-9)14(18)20-8-10-6-4-5-7-11(10)19-3/h4-7H,8,15H2,1-3H3. The zero-order valence-electron chi connectivity index (χ0n) is 11.7. The van der Waals surface area contributed by atoms with Gasteiger partial charge < -0.3 is 15.2 Å². The summed E-state index contributed by atoms with van der Waals surface area (Å²) in [4.78, 5) is 12.1. The van der Waals surface area contributed by atoms with Crippen LogP contribution in [0.15, 0.2) is 24.3 Å². The van der Waals surface area contributed by atoms with Crippen molar-refractivity contribution >= 4 is 11.7 Å². The lowest BCUT2D eigenvalue weighted by Crippen LogP contribution is -2.13. The zero-order valence-corrected chi connectivity index (χ0v) is 11.7. The molecule has 20 heavy (non-hydrogen) atoms. The van der Waals surface area contributed by atoms with Crippen LogP contribution in [-0.2, 0) is 18.4 Å². The Labute approximate surface area is 117 Å². The first-order valence-corrected chi connectivity index (χ1v) is 6.12. The van der Waals surface area contributed by atoms with Crippen molar-refractivity contribution in [2.75, 3.05) is 12.8 Å². The molecule has 1 aromatic heterocycles. The molecule has 0 aliphatic heterocycles. The first-order valence-electron chi connectivity index (χ1n) is 6.12. The van der Waals surface area contributed by atoms with Crippen molar-refractivity contribution in [1.29, 1.82) is 0 Å². The summed E-state index contributed by atoms with van der Waals surface area (Å²) in [6.07, 6.45) is 0. The number of aromatic nitrogens is 2. The van der Waals surface area contributed by atoms with Crippen LogP contribution in [0.25, 0.3) is 0 Å². The summed E-state index contributed by atoms with van der Waals surface area (Å²) in [7, 11) is 3.23. The van der Waals surface area contributed by atoms with Crippen LogP contribution >= 0.6 is 0 Å². The Morgan fingerprint density at radius 1 is 1.40 bits per heavy atom. The molecule has 0 amide bonds. The number of aryl methyl sites for hydroxylation is 2. The molecule has 0 radical (unpaired) electrons. The number of para-hydroxylation sites is 1. The van der Waals surface area contributed by atoms with Crippen molar-refractivity contribution in [3.05, 3.63) is 41.2 Å². The predicted molar refractivity (Wildman–Crippen MR) is 74.5 cm³/mol. The molecule has 0 spiro atoms. The van der Waals surface area contributed by atoms with Crippen LogP contribution in [0, 0.1) is 6.92 Å². The lowest BCUT2D eigenvalue weighted by atomic mass is 10.2. The molecule has 0 fully saturated rings. The fraction of sp³-hybridized carbons (Fsp3) is 0.286. The molecule has 6 nitrogen and oxygen atoms in total. The lowest BCUT2D eigenvalue weighted by Gasteiger charge is -2.09. The van der Waals surface area contributed by atoms with E-state index in [4.69, 9.17) is 15.2 Å². The average Bonchev–Trinajstić information content (AvgIpc) is 2.70. The number of nitrogens with two attached hydrogens (primary N) is 1. The van der Waals surface area contributed by atoms with Gasteiger partial charge in [0.15, 0.2) is 5.69 Å². The number of anilines is 1. The van der Waals surface area contributed by atoms with Gasteiger partial charge in [-0.25, -0.2) is 4.79 Å². The first-order chi connectivity index (χ1) is 9.54. The van der Waals surface area contributed by atoms with E-state index < -0.39 is 5.97 Å². The summed E-state index contributed by atoms with van der Waals surface area (Å²) in [5.74, 6) is 0.172. The second-order valence-corrected chi connectivity index (χ2v) is 4.36. The van der Waals surface area contributed by atoms with Gasteiger partial charge in [0.05, 0.1) is 18.5 Å². The number of carbonyl (C=O) groups is 1. The van der Waals surface area contributed by atoms with Gasteiger partial charge in [-0.05, 0) is 13.0 Å². The van der Waals surface area contributed by atoms with E-state index in [2.05, 4.69) is 5.10 Å². The molecule has 1 aromatic carbocycles. The van der Waals surface area contributed by atoms with E-state index in [0.29, 0.717) is 17.1 Å². The molecule has 0 saturated heterocycles. The van der Waals surface area contributed by atoms with E-state index in [1.807, 2.05) is 24.3 Å². The van der Waals surface area contributed by atoms with Crippen LogP contribution in [0.1, 0.15) is 21.7 Å². The monoisotopic (exact) mass is 275 g/mol. The molecule has 0 aliphatic rings. The topological polar surface area (TPSA) is 79.4 Å². The molecule has 0 bridgehead atoms. The lowest BCUT2D eigenvalue weighted by molar-refractivity contribution is 0.0458. The molecule has 0 aliphatic carbocycles. The SMILES string of the molecule is COc1ccccc1COC(=O)c1c(N)c(C)nn1C. The van der Waals surface area contributed by atoms with Crippen LogP contribution in [0.3, 0.4) is 0 Å². The Bertz CT molecular complexity index is 635. The number of carbonyl (C=O) groups excluding carboxylic acids is 1. The third-order valence-corrected chi connectivity index (χ3v) is 3.01. The Morgan fingerprint density at radius 3 is 2.70 bits per heavy atom. The smallest absolute Gasteiger partial charge is 0.359 e. The Balaban J connectivity index is 2.13. The van der Waals surface area contributed by atoms with Gasteiger partial charge in [-0.15, -0.1) is 0 Å². The number of hydrogen-bond acceptors (Lipinski definition) is 5. The van der Waals surface area contributed by atoms with Crippen LogP contribution in [0.5, 0.6) is 5.75 Å². The number of hydrogen-bond donors (Lipinski definition) is 1. The molecule has 2 rings (SSSR count). The first kappa shape index (κ1) is 13.9. The van der Waals surface area contributed by atoms with Crippen LogP contribution in [0.4, 0.5) is 5.69 Å². The molecule has 2 N–H and O–H groups in total. The molecule has 0 atom stereocenters. The number of esters is 1. The van der Waals surface area contributed by atoms with E-state index in [1.165, 1.54) is 4.68 Å². The van der Waals surface area contributed by atoms with Gasteiger partial charge in [0, 0.05) is 12.6 Å². The highest BCUT2D eigenvalue weighted by Crippen LogP contribution is 2.20. The third kappa shape index (κ3) is 2.59. The van der Waals surface area contributed by atoms with E-state index in [0.717, 1.165) is 5.56 Å². The van der Waals surface area contributed by atoms with Crippen molar-refractivity contribution in [1.82, 2.24) is 9.78 Å². The van der Waals surface area contributed by atoms with Gasteiger partial charge in [0.25, 0.3) is 0 Å². The molecule has 6 heteroatoms. The van der Waals surface area contributed by atoms with E-state index >= 15 is 0 Å². The maximum absolute atomic E-state index is 12.1. The molecule has 106 valence electrons. The largest absolute Gasteiger partial charge is 0.496 e. The number of rotatable bonds is 4. The van der Waals surface area contributed by atoms with Crippen molar-refractivity contribution in [3.8, 4) is 5.75 Å². The normalized spacial score (nSPS) is 10.3. The minimum Gasteiger partial charge on any atom is -0.496 e. The van der Waals surface area contributed by atoms with Crippen LogP contribution in [0.2, 0.25) is 0 Å². The minimum atomic E-state index is -0.503. The second-order valence-electron chi connectivity index (χ2n) is 4.36. The van der Waals surface area contributed by atoms with Crippen LogP contribution in [-0.4, -0.2) is 22.9 Å². The third-order valence-electron chi connectivity index (χ3n) is 3.01. The minimum absolute atomic E-state index is 0.118. The van der Waals surface area contributed by atoms with E-state index in [1.54, 1.807) is 21.1 Å². The Kier molecular flexibility index (Phi) is 3.93. The van der Waals surface area contributed by atoms with Gasteiger partial charge >= 0.3 is 5.97 Å². The summed E-state index contributed by atoms with van der Waals surface area (Å²) < 4.78 is 11.9. The van der Waals surface area contributed by atoms with Crippen molar-refractivity contribution in [2.45, 2.75) is 13.5 Å². The summed E-state index contributed by atoms with van der Waals surface area (Å²) in [5.41, 5.74) is 7.83. The molecular weight excluding hydrogens is 258 g/mol. The summed E-state index contributed by atoms with van der Waals surface area (Å²) in [6, 6.07) is 7.36. The van der Waals surface area contributed by atoms with Gasteiger partial charge in [-0.3, -0.25) is 4.68 Å². The van der Waals surface area contributed by atoms with Crippen molar-refractivity contribution in [3.63, 3.8) is 0 Å². The Morgan fingerprint density at radius 2 is 2.10 bits per heavy atom. The zero-order chi connectivity index (χ0) is 14.7. The number of nitrogens with zero attached hydrogens (tertiary/aromatic N) is 2. The summed E-state index contributed by atoms with van der Waals surface area (Å²) in [6.45, 7) is 1.86. The van der Waals surface area contributed by atoms with Crippen molar-refractivity contribution in [2.24, 2.45) is 7.05 Å². The van der Waals surface area contributed by atoms with E-state index in [-0.39, 0.29) is 12.3 Å². The van der Waals surface area contributed by atoms with Gasteiger partial charge in [0.2, 0.25) is 0 Å². The molecule has 0 unspecified atom stereocenters. The van der Waals surface area contributed by atoms with Crippen molar-refractivity contribution < 1.29 is 14.3 Å². The quantitative estimate of drug-likeness (QED) is 0.859. The Hall–Kier alpha value is -2.50. The highest BCUT2D eigenvalue weighted by Gasteiger charge is 2.19. The highest BCUT2D eigenvalue weighted by molar-refractivity contribution is 5.93. The van der Waals surface area contributed by atoms with Crippen LogP contribution < -0.4 is 10.5 Å². The number of ether oxygens (including phenoxy) is 2. The van der Waals surface area contributed by atoms with Gasteiger partial charge in [-0.1, -0.05) is 18.2 Å². The second kappa shape index (κ2) is 5.64. The molecular formula is C14H17N3O3. The van der Waals surface area contributed by atoms with Gasteiger partial charge in [-0.2, -0.15) is 5.10 Å². The molecule has 0 saturated carbocycles. The fourth-order valence-electron chi connectivity index (χ4n) is 1.95. The van der Waals surface area contributed by atoms with E-state index in [9.17, 15) is 4.79 Å². The highest BCUT2D eigenvalue weighted by atomic mass is 16.5. The fourth-order valence-corrected chi connectivity index (χ4v) is 1.95. The summed E-state index contributed by atoms with van der Waals surface area (Å²) in [5, 5.41) is 4.09. The number of methoxy groups -OCH3 is 1. The molecule has 1 heterocycles. The predicted octanol–water partition coefficient (Wildman–Crippen LogP) is 1.68. The average molecular weight is 275 g/mol. The number of nitrogen functional groups attached to an aromatic ring is 1. The molecule has 2 aromatic rings.